The summed E-state index contributed by atoms with van der Waals surface area (Å²) < 4.78 is 6.54. The molecule has 0 saturated heterocycles. The van der Waals surface area contributed by atoms with E-state index in [1.54, 1.807) is 11.8 Å². The molecule has 0 unspecified atom stereocenters. The van der Waals surface area contributed by atoms with Gasteiger partial charge in [-0.3, -0.25) is 4.79 Å². The summed E-state index contributed by atoms with van der Waals surface area (Å²) in [6, 6.07) is 0. The summed E-state index contributed by atoms with van der Waals surface area (Å²) in [6.07, 6.45) is 0.384. The molecule has 9 heteroatoms. The molecule has 2 rings (SSSR count). The van der Waals surface area contributed by atoms with E-state index in [0.717, 1.165) is 10.7 Å². The maximum absolute atomic E-state index is 10.5. The van der Waals surface area contributed by atoms with Crippen molar-refractivity contribution >= 4 is 17.3 Å². The molecule has 0 radical (unpaired) electrons. The summed E-state index contributed by atoms with van der Waals surface area (Å²) in [7, 11) is 1.59. The summed E-state index contributed by atoms with van der Waals surface area (Å²) in [6.45, 7) is 2.23. The molecule has 0 aromatic carbocycles. The van der Waals surface area contributed by atoms with E-state index >= 15 is 0 Å². The Morgan fingerprint density at radius 1 is 1.42 bits per heavy atom. The summed E-state index contributed by atoms with van der Waals surface area (Å²) in [5.74, 6) is -0.854. The largest absolute Gasteiger partial charge is 0.481 e. The molecule has 19 heavy (non-hydrogen) atoms. The predicted octanol–water partition coefficient (Wildman–Crippen LogP) is 0.591. The molecule has 0 aliphatic carbocycles. The van der Waals surface area contributed by atoms with Crippen LogP contribution in [0.2, 0.25) is 0 Å². The second-order valence-corrected chi connectivity index (χ2v) is 4.88. The van der Waals surface area contributed by atoms with Gasteiger partial charge in [0, 0.05) is 13.5 Å². The zero-order chi connectivity index (χ0) is 13.8. The Bertz CT molecular complexity index is 579. The molecule has 0 aliphatic rings. The van der Waals surface area contributed by atoms with Crippen molar-refractivity contribution in [2.45, 2.75) is 26.4 Å². The van der Waals surface area contributed by atoms with Crippen LogP contribution in [0, 0.1) is 6.92 Å². The number of ether oxygens (including phenoxy) is 1. The molecule has 0 aliphatic heterocycles. The molecule has 1 N–H and O–H groups in total. The quantitative estimate of drug-likeness (QED) is 0.827. The van der Waals surface area contributed by atoms with Gasteiger partial charge in [0.25, 0.3) is 0 Å². The first-order chi connectivity index (χ1) is 9.11. The van der Waals surface area contributed by atoms with Crippen LogP contribution < -0.4 is 0 Å². The van der Waals surface area contributed by atoms with Crippen LogP contribution in [0.5, 0.6) is 0 Å². The van der Waals surface area contributed by atoms with Gasteiger partial charge in [0.05, 0.1) is 17.8 Å². The SMILES string of the molecule is COCc1nnc(-n2nnc(CCC(=O)O)c2C)s1. The molecule has 2 aromatic heterocycles. The second kappa shape index (κ2) is 5.85. The highest BCUT2D eigenvalue weighted by atomic mass is 32.1. The Morgan fingerprint density at radius 2 is 2.21 bits per heavy atom. The van der Waals surface area contributed by atoms with Crippen molar-refractivity contribution in [2.75, 3.05) is 7.11 Å². The number of carbonyl (C=O) groups is 1. The van der Waals surface area contributed by atoms with Crippen LogP contribution in [0.15, 0.2) is 0 Å². The molecule has 0 amide bonds. The fraction of sp³-hybridized carbons (Fsp3) is 0.500. The lowest BCUT2D eigenvalue weighted by Crippen LogP contribution is -2.01. The third kappa shape index (κ3) is 3.12. The van der Waals surface area contributed by atoms with Crippen LogP contribution in [-0.4, -0.2) is 43.4 Å². The van der Waals surface area contributed by atoms with Crippen LogP contribution in [-0.2, 0) is 22.6 Å². The van der Waals surface area contributed by atoms with Crippen LogP contribution in [0.1, 0.15) is 22.8 Å². The van der Waals surface area contributed by atoms with Crippen LogP contribution in [0.3, 0.4) is 0 Å². The van der Waals surface area contributed by atoms with E-state index in [9.17, 15) is 4.79 Å². The predicted molar refractivity (Wildman–Crippen MR) is 66.2 cm³/mol. The molecule has 0 fully saturated rings. The minimum atomic E-state index is -0.854. The number of hydrogen-bond acceptors (Lipinski definition) is 7. The van der Waals surface area contributed by atoms with E-state index in [-0.39, 0.29) is 6.42 Å². The monoisotopic (exact) mass is 283 g/mol. The van der Waals surface area contributed by atoms with E-state index in [1.807, 2.05) is 6.92 Å². The minimum absolute atomic E-state index is 0.0323. The number of carboxylic acid groups (broad SMARTS) is 1. The Morgan fingerprint density at radius 3 is 2.89 bits per heavy atom. The van der Waals surface area contributed by atoms with E-state index in [0.29, 0.717) is 23.9 Å². The smallest absolute Gasteiger partial charge is 0.303 e. The lowest BCUT2D eigenvalue weighted by atomic mass is 10.2. The van der Waals surface area contributed by atoms with Crippen molar-refractivity contribution in [2.24, 2.45) is 0 Å². The third-order valence-electron chi connectivity index (χ3n) is 2.47. The number of aryl methyl sites for hydroxylation is 1. The highest BCUT2D eigenvalue weighted by molar-refractivity contribution is 7.13. The summed E-state index contributed by atoms with van der Waals surface area (Å²) >= 11 is 1.36. The zero-order valence-corrected chi connectivity index (χ0v) is 11.3. The second-order valence-electron chi connectivity index (χ2n) is 3.84. The van der Waals surface area contributed by atoms with Gasteiger partial charge in [0.2, 0.25) is 5.13 Å². The topological polar surface area (TPSA) is 103 Å². The molecule has 2 heterocycles. The van der Waals surface area contributed by atoms with E-state index in [4.69, 9.17) is 9.84 Å². The summed E-state index contributed by atoms with van der Waals surface area (Å²) in [4.78, 5) is 10.5. The molecular weight excluding hydrogens is 270 g/mol. The number of aromatic nitrogens is 5. The maximum atomic E-state index is 10.5. The molecule has 102 valence electrons. The minimum Gasteiger partial charge on any atom is -0.481 e. The van der Waals surface area contributed by atoms with Gasteiger partial charge < -0.3 is 9.84 Å². The van der Waals surface area contributed by atoms with Gasteiger partial charge >= 0.3 is 5.97 Å². The lowest BCUT2D eigenvalue weighted by molar-refractivity contribution is -0.136. The molecule has 0 bridgehead atoms. The first kappa shape index (κ1) is 13.6. The molecule has 2 aromatic rings. The Labute approximate surface area is 113 Å². The van der Waals surface area contributed by atoms with Gasteiger partial charge in [0.1, 0.15) is 11.6 Å². The molecule has 0 spiro atoms. The number of hydrogen-bond donors (Lipinski definition) is 1. The standard InChI is InChI=1S/C10H13N5O3S/c1-6-7(3-4-9(16)17)11-14-15(6)10-13-12-8(19-10)5-18-2/h3-5H2,1-2H3,(H,16,17). The van der Waals surface area contributed by atoms with E-state index in [2.05, 4.69) is 20.5 Å². The molecule has 0 atom stereocenters. The fourth-order valence-corrected chi connectivity index (χ4v) is 2.32. The van der Waals surface area contributed by atoms with Gasteiger partial charge in [-0.2, -0.15) is 4.68 Å². The van der Waals surface area contributed by atoms with Crippen LogP contribution in [0.25, 0.3) is 5.13 Å². The first-order valence-electron chi connectivity index (χ1n) is 5.56. The molecule has 8 nitrogen and oxygen atoms in total. The highest BCUT2D eigenvalue weighted by Gasteiger charge is 2.14. The number of methoxy groups -OCH3 is 1. The zero-order valence-electron chi connectivity index (χ0n) is 10.5. The maximum Gasteiger partial charge on any atom is 0.303 e. The van der Waals surface area contributed by atoms with Crippen molar-refractivity contribution in [1.29, 1.82) is 0 Å². The molecular formula is C10H13N5O3S. The normalized spacial score (nSPS) is 10.8. The van der Waals surface area contributed by atoms with Gasteiger partial charge in [-0.05, 0) is 6.92 Å². The lowest BCUT2D eigenvalue weighted by Gasteiger charge is -1.97. The van der Waals surface area contributed by atoms with E-state index < -0.39 is 5.97 Å². The van der Waals surface area contributed by atoms with Crippen LogP contribution in [0.4, 0.5) is 0 Å². The number of rotatable bonds is 6. The Kier molecular flexibility index (Phi) is 4.17. The van der Waals surface area contributed by atoms with Crippen molar-refractivity contribution in [3.05, 3.63) is 16.4 Å². The number of carboxylic acids is 1. The van der Waals surface area contributed by atoms with Gasteiger partial charge in [-0.15, -0.1) is 15.3 Å². The Balaban J connectivity index is 2.18. The Hall–Kier alpha value is -1.87. The van der Waals surface area contributed by atoms with Crippen molar-refractivity contribution < 1.29 is 14.6 Å². The third-order valence-corrected chi connectivity index (χ3v) is 3.34. The van der Waals surface area contributed by atoms with Gasteiger partial charge in [0.15, 0.2) is 0 Å². The van der Waals surface area contributed by atoms with Gasteiger partial charge in [-0.25, -0.2) is 0 Å². The summed E-state index contributed by atoms with van der Waals surface area (Å²) in [5.41, 5.74) is 1.44. The van der Waals surface area contributed by atoms with Crippen LogP contribution >= 0.6 is 11.3 Å². The van der Waals surface area contributed by atoms with Crippen molar-refractivity contribution in [3.63, 3.8) is 0 Å². The summed E-state index contributed by atoms with van der Waals surface area (Å²) in [5, 5.41) is 25.9. The van der Waals surface area contributed by atoms with E-state index in [1.165, 1.54) is 11.3 Å². The average Bonchev–Trinajstić information content (AvgIpc) is 2.94. The fourth-order valence-electron chi connectivity index (χ4n) is 1.51. The highest BCUT2D eigenvalue weighted by Crippen LogP contribution is 2.18. The average molecular weight is 283 g/mol. The van der Waals surface area contributed by atoms with Gasteiger partial charge in [-0.1, -0.05) is 16.6 Å². The molecule has 0 saturated carbocycles. The van der Waals surface area contributed by atoms with Crippen molar-refractivity contribution in [3.8, 4) is 5.13 Å². The first-order valence-corrected chi connectivity index (χ1v) is 6.38. The number of nitrogens with zero attached hydrogens (tertiary/aromatic N) is 5. The van der Waals surface area contributed by atoms with Crippen molar-refractivity contribution in [1.82, 2.24) is 25.2 Å². The number of aliphatic carboxylic acids is 1.